The van der Waals surface area contributed by atoms with Crippen LogP contribution in [0.2, 0.25) is 0 Å². The largest absolute Gasteiger partial charge is 0.312 e. The van der Waals surface area contributed by atoms with Gasteiger partial charge in [0, 0.05) is 24.4 Å². The molecule has 0 radical (unpaired) electrons. The second kappa shape index (κ2) is 6.87. The van der Waals surface area contributed by atoms with Crippen molar-refractivity contribution in [1.29, 1.82) is 0 Å². The van der Waals surface area contributed by atoms with Crippen molar-refractivity contribution in [2.24, 2.45) is 0 Å². The first-order valence-corrected chi connectivity index (χ1v) is 8.07. The van der Waals surface area contributed by atoms with E-state index in [9.17, 15) is 0 Å². The molecule has 16 heavy (non-hydrogen) atoms. The van der Waals surface area contributed by atoms with Crippen LogP contribution in [0.4, 0.5) is 0 Å². The van der Waals surface area contributed by atoms with Crippen LogP contribution in [0.1, 0.15) is 39.0 Å². The first-order valence-electron chi connectivity index (χ1n) is 6.91. The van der Waals surface area contributed by atoms with Crippen molar-refractivity contribution in [2.75, 3.05) is 31.1 Å². The van der Waals surface area contributed by atoms with Crippen molar-refractivity contribution in [1.82, 2.24) is 10.2 Å². The van der Waals surface area contributed by atoms with Gasteiger partial charge in [-0.25, -0.2) is 0 Å². The fraction of sp³-hybridized carbons (Fsp3) is 1.00. The number of likely N-dealkylation sites (tertiary alicyclic amines) is 1. The van der Waals surface area contributed by atoms with Crippen molar-refractivity contribution in [3.8, 4) is 0 Å². The quantitative estimate of drug-likeness (QED) is 0.815. The molecule has 2 aliphatic heterocycles. The number of hydrogen-bond donors (Lipinski definition) is 1. The maximum Gasteiger partial charge on any atom is 0.0192 e. The smallest absolute Gasteiger partial charge is 0.0192 e. The topological polar surface area (TPSA) is 15.3 Å². The van der Waals surface area contributed by atoms with Gasteiger partial charge in [-0.15, -0.1) is 0 Å². The molecule has 1 N–H and O–H groups in total. The predicted octanol–water partition coefficient (Wildman–Crippen LogP) is 2.35. The lowest BCUT2D eigenvalue weighted by molar-refractivity contribution is 0.168. The molecule has 0 amide bonds. The van der Waals surface area contributed by atoms with Crippen molar-refractivity contribution < 1.29 is 0 Å². The lowest BCUT2D eigenvalue weighted by atomic mass is 10.1. The van der Waals surface area contributed by atoms with Gasteiger partial charge in [-0.2, -0.15) is 11.8 Å². The average Bonchev–Trinajstić information content (AvgIpc) is 2.38. The van der Waals surface area contributed by atoms with E-state index in [-0.39, 0.29) is 0 Å². The molecule has 0 bridgehead atoms. The minimum absolute atomic E-state index is 0.729. The van der Waals surface area contributed by atoms with Crippen molar-refractivity contribution in [2.45, 2.75) is 51.1 Å². The third-order valence-corrected chi connectivity index (χ3v) is 5.09. The first kappa shape index (κ1) is 12.7. The normalized spacial score (nSPS) is 30.2. The maximum atomic E-state index is 3.76. The number of nitrogens with one attached hydrogen (secondary N) is 1. The van der Waals surface area contributed by atoms with Gasteiger partial charge in [0.1, 0.15) is 0 Å². The summed E-state index contributed by atoms with van der Waals surface area (Å²) >= 11 is 2.11. The number of piperidine rings is 1. The molecule has 2 heterocycles. The van der Waals surface area contributed by atoms with Crippen molar-refractivity contribution in [3.63, 3.8) is 0 Å². The molecule has 2 atom stereocenters. The Morgan fingerprint density at radius 2 is 2.06 bits per heavy atom. The molecular formula is C13H26N2S. The summed E-state index contributed by atoms with van der Waals surface area (Å²) in [4.78, 5) is 2.66. The van der Waals surface area contributed by atoms with Crippen LogP contribution in [0.5, 0.6) is 0 Å². The van der Waals surface area contributed by atoms with Crippen LogP contribution in [-0.4, -0.2) is 48.1 Å². The molecule has 2 fully saturated rings. The maximum absolute atomic E-state index is 3.76. The summed E-state index contributed by atoms with van der Waals surface area (Å²) in [6, 6.07) is 1.51. The molecule has 94 valence electrons. The summed E-state index contributed by atoms with van der Waals surface area (Å²) in [5.74, 6) is 2.70. The van der Waals surface area contributed by atoms with Crippen molar-refractivity contribution in [3.05, 3.63) is 0 Å². The summed E-state index contributed by atoms with van der Waals surface area (Å²) in [6.07, 6.45) is 7.04. The molecule has 0 aliphatic carbocycles. The minimum Gasteiger partial charge on any atom is -0.312 e. The third-order valence-electron chi connectivity index (χ3n) is 3.88. The van der Waals surface area contributed by atoms with Crippen LogP contribution < -0.4 is 5.32 Å². The van der Waals surface area contributed by atoms with Gasteiger partial charge in [-0.05, 0) is 51.4 Å². The van der Waals surface area contributed by atoms with E-state index in [0.717, 1.165) is 12.1 Å². The van der Waals surface area contributed by atoms with Gasteiger partial charge in [-0.3, -0.25) is 4.90 Å². The van der Waals surface area contributed by atoms with E-state index in [1.165, 1.54) is 63.2 Å². The fourth-order valence-electron chi connectivity index (χ4n) is 2.73. The Hall–Kier alpha value is 0.270. The number of thioether (sulfide) groups is 1. The van der Waals surface area contributed by atoms with Gasteiger partial charge in [0.25, 0.3) is 0 Å². The molecule has 0 saturated carbocycles. The molecule has 2 nitrogen and oxygen atoms in total. The minimum atomic E-state index is 0.729. The van der Waals surface area contributed by atoms with Gasteiger partial charge in [0.2, 0.25) is 0 Å². The fourth-order valence-corrected chi connectivity index (χ4v) is 3.83. The zero-order valence-corrected chi connectivity index (χ0v) is 11.4. The molecule has 2 saturated heterocycles. The lowest BCUT2D eigenvalue weighted by Crippen LogP contribution is -2.46. The summed E-state index contributed by atoms with van der Waals surface area (Å²) < 4.78 is 0. The van der Waals surface area contributed by atoms with Crippen LogP contribution in [0.15, 0.2) is 0 Å². The Bertz CT molecular complexity index is 186. The lowest BCUT2D eigenvalue weighted by Gasteiger charge is -2.34. The van der Waals surface area contributed by atoms with Crippen LogP contribution >= 0.6 is 11.8 Å². The van der Waals surface area contributed by atoms with Crippen LogP contribution in [0.3, 0.4) is 0 Å². The Balaban J connectivity index is 1.63. The molecule has 3 heteroatoms. The van der Waals surface area contributed by atoms with Gasteiger partial charge in [0.05, 0.1) is 0 Å². The Kier molecular flexibility index (Phi) is 5.46. The van der Waals surface area contributed by atoms with E-state index in [4.69, 9.17) is 0 Å². The zero-order chi connectivity index (χ0) is 11.2. The second-order valence-corrected chi connectivity index (χ2v) is 6.42. The average molecular weight is 242 g/mol. The highest BCUT2D eigenvalue weighted by Gasteiger charge is 2.18. The van der Waals surface area contributed by atoms with E-state index in [0.29, 0.717) is 0 Å². The summed E-state index contributed by atoms with van der Waals surface area (Å²) in [5, 5.41) is 3.76. The number of rotatable bonds is 4. The highest BCUT2D eigenvalue weighted by atomic mass is 32.2. The Morgan fingerprint density at radius 1 is 1.25 bits per heavy atom. The van der Waals surface area contributed by atoms with E-state index in [1.807, 2.05) is 0 Å². The molecule has 2 aliphatic rings. The van der Waals surface area contributed by atoms with Gasteiger partial charge in [0.15, 0.2) is 0 Å². The first-order chi connectivity index (χ1) is 7.86. The Labute approximate surface area is 105 Å². The van der Waals surface area contributed by atoms with E-state index in [2.05, 4.69) is 28.9 Å². The SMILES string of the molecule is CC(CNC1CCCSC1)N1CCCCC1. The van der Waals surface area contributed by atoms with E-state index >= 15 is 0 Å². The number of hydrogen-bond acceptors (Lipinski definition) is 3. The molecule has 2 rings (SSSR count). The molecule has 0 aromatic carbocycles. The monoisotopic (exact) mass is 242 g/mol. The van der Waals surface area contributed by atoms with E-state index < -0.39 is 0 Å². The zero-order valence-electron chi connectivity index (χ0n) is 10.6. The molecule has 0 spiro atoms. The highest BCUT2D eigenvalue weighted by molar-refractivity contribution is 7.99. The highest BCUT2D eigenvalue weighted by Crippen LogP contribution is 2.17. The van der Waals surface area contributed by atoms with Crippen LogP contribution in [-0.2, 0) is 0 Å². The summed E-state index contributed by atoms with van der Waals surface area (Å²) in [7, 11) is 0. The van der Waals surface area contributed by atoms with E-state index in [1.54, 1.807) is 0 Å². The molecule has 2 unspecified atom stereocenters. The molecular weight excluding hydrogens is 216 g/mol. The standard InChI is InChI=1S/C13H26N2S/c1-12(15-7-3-2-4-8-15)10-14-13-6-5-9-16-11-13/h12-14H,2-11H2,1H3. The van der Waals surface area contributed by atoms with Gasteiger partial charge >= 0.3 is 0 Å². The molecule has 0 aromatic rings. The molecule has 0 aromatic heterocycles. The Morgan fingerprint density at radius 3 is 2.75 bits per heavy atom. The third kappa shape index (κ3) is 3.94. The van der Waals surface area contributed by atoms with Crippen molar-refractivity contribution >= 4 is 11.8 Å². The summed E-state index contributed by atoms with van der Waals surface area (Å²) in [5.41, 5.74) is 0. The van der Waals surface area contributed by atoms with Gasteiger partial charge < -0.3 is 5.32 Å². The van der Waals surface area contributed by atoms with Crippen LogP contribution in [0, 0.1) is 0 Å². The summed E-state index contributed by atoms with van der Waals surface area (Å²) in [6.45, 7) is 6.21. The predicted molar refractivity (Wildman–Crippen MR) is 73.2 cm³/mol. The van der Waals surface area contributed by atoms with Gasteiger partial charge in [-0.1, -0.05) is 6.42 Å². The number of nitrogens with zero attached hydrogens (tertiary/aromatic N) is 1. The second-order valence-electron chi connectivity index (χ2n) is 5.27. The van der Waals surface area contributed by atoms with Crippen LogP contribution in [0.25, 0.3) is 0 Å².